The number of carbonyl (C=O) groups excluding carboxylic acids is 2. The molecule has 35 heavy (non-hydrogen) atoms. The van der Waals surface area contributed by atoms with Gasteiger partial charge < -0.3 is 24.3 Å². The zero-order valence-electron chi connectivity index (χ0n) is 21.6. The number of alkyl carbamates (subject to hydrolysis) is 1. The Hall–Kier alpha value is -2.64. The molecule has 10 heteroatoms. The van der Waals surface area contributed by atoms with Crippen molar-refractivity contribution >= 4 is 24.6 Å². The van der Waals surface area contributed by atoms with Crippen molar-refractivity contribution in [2.24, 2.45) is 0 Å². The maximum atomic E-state index is 15.2. The van der Waals surface area contributed by atoms with Gasteiger partial charge in [-0.15, -0.1) is 0 Å². The number of amides is 2. The average Bonchev–Trinajstić information content (AvgIpc) is 3.28. The van der Waals surface area contributed by atoms with Crippen LogP contribution in [-0.4, -0.2) is 59.5 Å². The third-order valence-corrected chi connectivity index (χ3v) is 6.70. The standard InChI is InChI=1S/C25H35BFN3O5/c1-23(2,3)33-22(32)29-20(21(31)30-12-8-9-18(30)15-28)13-16-10-11-17(14-19(16)27)26-34-24(4,5)25(6,7)35-26/h10-11,14,18,20H,8-9,12-13H2,1-7H3,(H,29,32). The molecule has 3 rings (SSSR count). The van der Waals surface area contributed by atoms with Crippen LogP contribution in [0.5, 0.6) is 0 Å². The van der Waals surface area contributed by atoms with Crippen molar-refractivity contribution in [3.05, 3.63) is 29.6 Å². The van der Waals surface area contributed by atoms with Gasteiger partial charge in [0.05, 0.1) is 17.3 Å². The van der Waals surface area contributed by atoms with Crippen LogP contribution in [0.25, 0.3) is 0 Å². The Morgan fingerprint density at radius 2 is 1.91 bits per heavy atom. The lowest BCUT2D eigenvalue weighted by molar-refractivity contribution is -0.133. The zero-order chi connectivity index (χ0) is 26.2. The van der Waals surface area contributed by atoms with E-state index in [2.05, 4.69) is 11.4 Å². The van der Waals surface area contributed by atoms with E-state index in [4.69, 9.17) is 14.0 Å². The van der Waals surface area contributed by atoms with Gasteiger partial charge >= 0.3 is 13.2 Å². The van der Waals surface area contributed by atoms with E-state index in [0.717, 1.165) is 0 Å². The van der Waals surface area contributed by atoms with E-state index in [1.165, 1.54) is 11.0 Å². The first-order valence-electron chi connectivity index (χ1n) is 12.0. The molecule has 0 radical (unpaired) electrons. The van der Waals surface area contributed by atoms with E-state index in [-0.39, 0.29) is 12.0 Å². The van der Waals surface area contributed by atoms with Gasteiger partial charge in [0.1, 0.15) is 23.5 Å². The van der Waals surface area contributed by atoms with Crippen molar-refractivity contribution < 1.29 is 28.0 Å². The molecule has 0 saturated carbocycles. The second kappa shape index (κ2) is 9.78. The second-order valence-electron chi connectivity index (χ2n) is 11.2. The molecule has 2 aliphatic rings. The Balaban J connectivity index is 1.82. The van der Waals surface area contributed by atoms with Crippen molar-refractivity contribution in [1.29, 1.82) is 5.26 Å². The number of rotatable bonds is 5. The highest BCUT2D eigenvalue weighted by Gasteiger charge is 2.51. The van der Waals surface area contributed by atoms with Crippen LogP contribution < -0.4 is 10.8 Å². The molecule has 1 aromatic carbocycles. The van der Waals surface area contributed by atoms with E-state index in [9.17, 15) is 14.9 Å². The van der Waals surface area contributed by atoms with Gasteiger partial charge in [-0.3, -0.25) is 4.79 Å². The van der Waals surface area contributed by atoms with Crippen LogP contribution in [0.4, 0.5) is 9.18 Å². The summed E-state index contributed by atoms with van der Waals surface area (Å²) in [6.07, 6.45) is 0.388. The minimum absolute atomic E-state index is 0.0950. The number of likely N-dealkylation sites (tertiary alicyclic amines) is 1. The smallest absolute Gasteiger partial charge is 0.444 e. The monoisotopic (exact) mass is 487 g/mol. The van der Waals surface area contributed by atoms with Crippen molar-refractivity contribution in [1.82, 2.24) is 10.2 Å². The Kier molecular flexibility index (Phi) is 7.54. The van der Waals surface area contributed by atoms with E-state index < -0.39 is 53.8 Å². The molecule has 0 spiro atoms. The molecular weight excluding hydrogens is 452 g/mol. The number of hydrogen-bond acceptors (Lipinski definition) is 6. The number of ether oxygens (including phenoxy) is 1. The molecule has 2 atom stereocenters. The first-order chi connectivity index (χ1) is 16.1. The summed E-state index contributed by atoms with van der Waals surface area (Å²) in [6, 6.07) is 5.07. The van der Waals surface area contributed by atoms with Crippen molar-refractivity contribution in [3.8, 4) is 6.07 Å². The number of nitrogens with zero attached hydrogens (tertiary/aromatic N) is 2. The quantitative estimate of drug-likeness (QED) is 0.641. The fraction of sp³-hybridized carbons (Fsp3) is 0.640. The lowest BCUT2D eigenvalue weighted by Gasteiger charge is -2.32. The molecule has 190 valence electrons. The summed E-state index contributed by atoms with van der Waals surface area (Å²) in [5.74, 6) is -0.978. The fourth-order valence-corrected chi connectivity index (χ4v) is 4.09. The third-order valence-electron chi connectivity index (χ3n) is 6.70. The summed E-state index contributed by atoms with van der Waals surface area (Å²) in [6.45, 7) is 13.2. The lowest BCUT2D eigenvalue weighted by atomic mass is 9.78. The van der Waals surface area contributed by atoms with E-state index in [1.807, 2.05) is 27.7 Å². The highest BCUT2D eigenvalue weighted by Crippen LogP contribution is 2.36. The average molecular weight is 487 g/mol. The number of hydrogen-bond donors (Lipinski definition) is 1. The number of benzene rings is 1. The van der Waals surface area contributed by atoms with Crippen LogP contribution in [0.2, 0.25) is 0 Å². The Morgan fingerprint density at radius 3 is 2.46 bits per heavy atom. The largest absolute Gasteiger partial charge is 0.494 e. The molecule has 8 nitrogen and oxygen atoms in total. The second-order valence-corrected chi connectivity index (χ2v) is 11.2. The minimum atomic E-state index is -1.09. The molecule has 2 saturated heterocycles. The van der Waals surface area contributed by atoms with E-state index in [0.29, 0.717) is 24.8 Å². The molecule has 0 bridgehead atoms. The SMILES string of the molecule is CC(C)(C)OC(=O)NC(Cc1ccc(B2OC(C)(C)C(C)(C)O2)cc1F)C(=O)N1CCCC1C#N. The molecule has 2 amide bonds. The third kappa shape index (κ3) is 6.14. The van der Waals surface area contributed by atoms with Gasteiger partial charge in [0.15, 0.2) is 0 Å². The summed E-state index contributed by atoms with van der Waals surface area (Å²) in [7, 11) is -0.721. The van der Waals surface area contributed by atoms with Crippen LogP contribution in [0.3, 0.4) is 0 Å². The van der Waals surface area contributed by atoms with Crippen LogP contribution in [0.15, 0.2) is 18.2 Å². The molecule has 1 aromatic rings. The van der Waals surface area contributed by atoms with Gasteiger partial charge in [0, 0.05) is 13.0 Å². The first-order valence-corrected chi connectivity index (χ1v) is 12.0. The maximum Gasteiger partial charge on any atom is 0.494 e. The van der Waals surface area contributed by atoms with Gasteiger partial charge in [-0.2, -0.15) is 5.26 Å². The van der Waals surface area contributed by atoms with Gasteiger partial charge in [0.2, 0.25) is 5.91 Å². The highest BCUT2D eigenvalue weighted by molar-refractivity contribution is 6.62. The van der Waals surface area contributed by atoms with Crippen LogP contribution >= 0.6 is 0 Å². The van der Waals surface area contributed by atoms with Gasteiger partial charge in [0.25, 0.3) is 0 Å². The first kappa shape index (κ1) is 27.0. The minimum Gasteiger partial charge on any atom is -0.444 e. The molecule has 2 aliphatic heterocycles. The number of nitriles is 1. The van der Waals surface area contributed by atoms with Gasteiger partial charge in [-0.05, 0) is 78.4 Å². The predicted octanol–water partition coefficient (Wildman–Crippen LogP) is 3.08. The van der Waals surface area contributed by atoms with Crippen molar-refractivity contribution in [3.63, 3.8) is 0 Å². The van der Waals surface area contributed by atoms with E-state index >= 15 is 4.39 Å². The number of halogens is 1. The fourth-order valence-electron chi connectivity index (χ4n) is 4.09. The normalized spacial score (nSPS) is 22.0. The summed E-state index contributed by atoms with van der Waals surface area (Å²) < 4.78 is 32.5. The summed E-state index contributed by atoms with van der Waals surface area (Å²) >= 11 is 0. The summed E-state index contributed by atoms with van der Waals surface area (Å²) in [5.41, 5.74) is -1.12. The Morgan fingerprint density at radius 1 is 1.29 bits per heavy atom. The van der Waals surface area contributed by atoms with Crippen LogP contribution in [0, 0.1) is 17.1 Å². The highest BCUT2D eigenvalue weighted by atomic mass is 19.1. The van der Waals surface area contributed by atoms with Crippen LogP contribution in [0.1, 0.15) is 66.9 Å². The van der Waals surface area contributed by atoms with Crippen molar-refractivity contribution in [2.75, 3.05) is 6.54 Å². The van der Waals surface area contributed by atoms with Gasteiger partial charge in [-0.1, -0.05) is 12.1 Å². The molecule has 0 aromatic heterocycles. The Labute approximate surface area is 207 Å². The Bertz CT molecular complexity index is 1000. The number of carbonyl (C=O) groups is 2. The molecule has 2 unspecified atom stereocenters. The molecular formula is C25H35BFN3O5. The summed E-state index contributed by atoms with van der Waals surface area (Å²) in [5, 5.41) is 12.0. The molecule has 2 heterocycles. The van der Waals surface area contributed by atoms with Crippen LogP contribution in [-0.2, 0) is 25.3 Å². The van der Waals surface area contributed by atoms with E-state index in [1.54, 1.807) is 32.9 Å². The van der Waals surface area contributed by atoms with Gasteiger partial charge in [-0.25, -0.2) is 9.18 Å². The molecule has 1 N–H and O–H groups in total. The lowest BCUT2D eigenvalue weighted by Crippen LogP contribution is -2.52. The molecule has 0 aliphatic carbocycles. The number of nitrogens with one attached hydrogen (secondary N) is 1. The zero-order valence-corrected chi connectivity index (χ0v) is 21.6. The topological polar surface area (TPSA) is 101 Å². The summed E-state index contributed by atoms with van der Waals surface area (Å²) in [4.78, 5) is 27.2. The molecule has 2 fully saturated rings. The van der Waals surface area contributed by atoms with Crippen molar-refractivity contribution in [2.45, 2.75) is 96.6 Å². The predicted molar refractivity (Wildman–Crippen MR) is 129 cm³/mol. The maximum absolute atomic E-state index is 15.2.